The molecule has 0 saturated carbocycles. The Kier molecular flexibility index (Phi) is 6.29. The molecule has 0 bridgehead atoms. The predicted octanol–water partition coefficient (Wildman–Crippen LogP) is 2.14. The second-order valence-electron chi connectivity index (χ2n) is 5.61. The summed E-state index contributed by atoms with van der Waals surface area (Å²) in [4.78, 5) is 36.9. The highest BCUT2D eigenvalue weighted by molar-refractivity contribution is 5.95. The Morgan fingerprint density at radius 2 is 2.12 bits per heavy atom. The Hall–Kier alpha value is -2.94. The molecule has 9 heteroatoms. The molecule has 0 aromatic heterocycles. The third-order valence-corrected chi connectivity index (χ3v) is 4.07. The van der Waals surface area contributed by atoms with Crippen LogP contribution in [0.4, 0.5) is 10.5 Å². The number of carbonyl (C=O) groups is 2. The van der Waals surface area contributed by atoms with E-state index in [9.17, 15) is 19.7 Å². The van der Waals surface area contributed by atoms with Crippen LogP contribution in [-0.2, 0) is 14.3 Å². The number of nitro groups is 1. The van der Waals surface area contributed by atoms with Gasteiger partial charge >= 0.3 is 12.0 Å². The number of ether oxygens (including phenoxy) is 2. The molecular weight excluding hydrogens is 342 g/mol. The van der Waals surface area contributed by atoms with Crippen molar-refractivity contribution in [1.82, 2.24) is 10.2 Å². The van der Waals surface area contributed by atoms with Gasteiger partial charge in [0.05, 0.1) is 23.1 Å². The first-order valence-electron chi connectivity index (χ1n) is 8.09. The second-order valence-corrected chi connectivity index (χ2v) is 5.61. The van der Waals surface area contributed by atoms with Gasteiger partial charge in [-0.1, -0.05) is 12.1 Å². The lowest BCUT2D eigenvalue weighted by Crippen LogP contribution is -2.47. The molecule has 1 N–H and O–H groups in total. The standard InChI is InChI=1S/C17H21N3O6/c1-4-19-11(2)14(16(21)26-9-8-25-3)15(18-17(19)22)12-6-5-7-13(10-12)20(23)24/h5-7,10,15H,4,8-9H2,1-3H3,(H,18,22). The monoisotopic (exact) mass is 363 g/mol. The number of hydrogen-bond acceptors (Lipinski definition) is 6. The van der Waals surface area contributed by atoms with Crippen LogP contribution in [0.2, 0.25) is 0 Å². The SMILES string of the molecule is CCN1C(=O)NC(c2cccc([N+](=O)[O-])c2)C(C(=O)OCCOC)=C1C. The van der Waals surface area contributed by atoms with Gasteiger partial charge in [0.2, 0.25) is 0 Å². The van der Waals surface area contributed by atoms with Crippen LogP contribution in [0.25, 0.3) is 0 Å². The van der Waals surface area contributed by atoms with E-state index < -0.39 is 16.9 Å². The lowest BCUT2D eigenvalue weighted by atomic mass is 9.94. The van der Waals surface area contributed by atoms with Gasteiger partial charge in [0, 0.05) is 31.5 Å². The van der Waals surface area contributed by atoms with Crippen molar-refractivity contribution in [3.63, 3.8) is 0 Å². The zero-order chi connectivity index (χ0) is 19.3. The van der Waals surface area contributed by atoms with E-state index in [0.717, 1.165) is 0 Å². The van der Waals surface area contributed by atoms with Crippen LogP contribution >= 0.6 is 0 Å². The number of rotatable bonds is 7. The van der Waals surface area contributed by atoms with Crippen LogP contribution in [0, 0.1) is 10.1 Å². The van der Waals surface area contributed by atoms with E-state index in [1.54, 1.807) is 19.9 Å². The number of non-ortho nitro benzene ring substituents is 1. The van der Waals surface area contributed by atoms with Crippen molar-refractivity contribution >= 4 is 17.7 Å². The Labute approximate surface area is 150 Å². The fourth-order valence-corrected chi connectivity index (χ4v) is 2.79. The number of urea groups is 1. The van der Waals surface area contributed by atoms with Crippen molar-refractivity contribution in [1.29, 1.82) is 0 Å². The number of nitro benzene ring substituents is 1. The lowest BCUT2D eigenvalue weighted by Gasteiger charge is -2.34. The molecule has 2 amide bonds. The first-order valence-corrected chi connectivity index (χ1v) is 8.09. The molecule has 140 valence electrons. The number of hydrogen-bond donors (Lipinski definition) is 1. The van der Waals surface area contributed by atoms with Gasteiger partial charge in [-0.15, -0.1) is 0 Å². The molecular formula is C17H21N3O6. The number of carbonyl (C=O) groups excluding carboxylic acids is 2. The molecule has 0 fully saturated rings. The maximum Gasteiger partial charge on any atom is 0.338 e. The number of esters is 1. The van der Waals surface area contributed by atoms with Crippen molar-refractivity contribution in [2.24, 2.45) is 0 Å². The topological polar surface area (TPSA) is 111 Å². The van der Waals surface area contributed by atoms with E-state index in [-0.39, 0.29) is 30.5 Å². The van der Waals surface area contributed by atoms with Crippen molar-refractivity contribution in [3.05, 3.63) is 51.2 Å². The fraction of sp³-hybridized carbons (Fsp3) is 0.412. The van der Waals surface area contributed by atoms with Crippen LogP contribution in [0.1, 0.15) is 25.5 Å². The number of benzene rings is 1. The average molecular weight is 363 g/mol. The van der Waals surface area contributed by atoms with Crippen molar-refractivity contribution in [3.8, 4) is 0 Å². The van der Waals surface area contributed by atoms with Crippen molar-refractivity contribution in [2.75, 3.05) is 26.9 Å². The summed E-state index contributed by atoms with van der Waals surface area (Å²) in [5, 5.41) is 13.8. The zero-order valence-corrected chi connectivity index (χ0v) is 14.9. The van der Waals surface area contributed by atoms with Gasteiger partial charge in [-0.25, -0.2) is 9.59 Å². The molecule has 1 aromatic rings. The van der Waals surface area contributed by atoms with Crippen molar-refractivity contribution < 1.29 is 24.0 Å². The largest absolute Gasteiger partial charge is 0.460 e. The molecule has 1 unspecified atom stereocenters. The smallest absolute Gasteiger partial charge is 0.338 e. The minimum atomic E-state index is -0.833. The van der Waals surface area contributed by atoms with Crippen LogP contribution in [-0.4, -0.2) is 48.7 Å². The van der Waals surface area contributed by atoms with E-state index in [0.29, 0.717) is 17.8 Å². The van der Waals surface area contributed by atoms with Gasteiger partial charge < -0.3 is 14.8 Å². The quantitative estimate of drug-likeness (QED) is 0.344. The molecule has 1 aromatic carbocycles. The normalized spacial score (nSPS) is 17.1. The van der Waals surface area contributed by atoms with Crippen molar-refractivity contribution in [2.45, 2.75) is 19.9 Å². The van der Waals surface area contributed by atoms with Gasteiger partial charge in [0.15, 0.2) is 0 Å². The van der Waals surface area contributed by atoms with E-state index >= 15 is 0 Å². The molecule has 9 nitrogen and oxygen atoms in total. The Balaban J connectivity index is 2.46. The maximum absolute atomic E-state index is 12.6. The molecule has 26 heavy (non-hydrogen) atoms. The van der Waals surface area contributed by atoms with E-state index in [1.807, 2.05) is 0 Å². The maximum atomic E-state index is 12.6. The molecule has 1 aliphatic rings. The Bertz CT molecular complexity index is 746. The third kappa shape index (κ3) is 3.99. The molecule has 0 radical (unpaired) electrons. The summed E-state index contributed by atoms with van der Waals surface area (Å²) in [6.07, 6.45) is 0. The van der Waals surface area contributed by atoms with Crippen LogP contribution < -0.4 is 5.32 Å². The van der Waals surface area contributed by atoms with Gasteiger partial charge in [-0.3, -0.25) is 15.0 Å². The summed E-state index contributed by atoms with van der Waals surface area (Å²) in [6.45, 7) is 4.11. The predicted molar refractivity (Wildman–Crippen MR) is 92.3 cm³/mol. The fourth-order valence-electron chi connectivity index (χ4n) is 2.79. The first kappa shape index (κ1) is 19.4. The number of nitrogens with one attached hydrogen (secondary N) is 1. The molecule has 2 rings (SSSR count). The van der Waals surface area contributed by atoms with E-state index in [4.69, 9.17) is 9.47 Å². The Morgan fingerprint density at radius 3 is 2.73 bits per heavy atom. The highest BCUT2D eigenvalue weighted by atomic mass is 16.6. The van der Waals surface area contributed by atoms with Gasteiger partial charge in [0.25, 0.3) is 5.69 Å². The Morgan fingerprint density at radius 1 is 1.38 bits per heavy atom. The van der Waals surface area contributed by atoms with Crippen LogP contribution in [0.3, 0.4) is 0 Å². The van der Waals surface area contributed by atoms with Gasteiger partial charge in [0.1, 0.15) is 6.61 Å². The summed E-state index contributed by atoms with van der Waals surface area (Å²) in [7, 11) is 1.49. The number of allylic oxidation sites excluding steroid dienone is 1. The molecule has 0 spiro atoms. The summed E-state index contributed by atoms with van der Waals surface area (Å²) < 4.78 is 10.1. The number of nitrogens with zero attached hydrogens (tertiary/aromatic N) is 2. The molecule has 1 heterocycles. The molecule has 1 atom stereocenters. The van der Waals surface area contributed by atoms with Gasteiger partial charge in [-0.05, 0) is 19.4 Å². The van der Waals surface area contributed by atoms with Crippen LogP contribution in [0.15, 0.2) is 35.5 Å². The van der Waals surface area contributed by atoms with E-state index in [1.165, 1.54) is 30.2 Å². The van der Waals surface area contributed by atoms with Gasteiger partial charge in [-0.2, -0.15) is 0 Å². The number of amides is 2. The highest BCUT2D eigenvalue weighted by Gasteiger charge is 2.36. The first-order chi connectivity index (χ1) is 12.4. The zero-order valence-electron chi connectivity index (χ0n) is 14.9. The highest BCUT2D eigenvalue weighted by Crippen LogP contribution is 2.32. The minimum absolute atomic E-state index is 0.0633. The molecule has 0 aliphatic carbocycles. The third-order valence-electron chi connectivity index (χ3n) is 4.07. The number of methoxy groups -OCH3 is 1. The molecule has 0 saturated heterocycles. The summed E-state index contributed by atoms with van der Waals surface area (Å²) >= 11 is 0. The molecule has 1 aliphatic heterocycles. The van der Waals surface area contributed by atoms with E-state index in [2.05, 4.69) is 5.32 Å². The summed E-state index contributed by atoms with van der Waals surface area (Å²) in [6, 6.07) is 4.60. The average Bonchev–Trinajstić information content (AvgIpc) is 2.61. The van der Waals surface area contributed by atoms with Crippen LogP contribution in [0.5, 0.6) is 0 Å². The second kappa shape index (κ2) is 8.43. The lowest BCUT2D eigenvalue weighted by molar-refractivity contribution is -0.384. The summed E-state index contributed by atoms with van der Waals surface area (Å²) in [5.41, 5.74) is 0.999. The summed E-state index contributed by atoms with van der Waals surface area (Å²) in [5.74, 6) is -0.602. The minimum Gasteiger partial charge on any atom is -0.460 e.